The van der Waals surface area contributed by atoms with Crippen LogP contribution in [0.5, 0.6) is 0 Å². The van der Waals surface area contributed by atoms with E-state index >= 15 is 0 Å². The van der Waals surface area contributed by atoms with E-state index in [2.05, 4.69) is 22.8 Å². The summed E-state index contributed by atoms with van der Waals surface area (Å²) in [6, 6.07) is 6.70. The van der Waals surface area contributed by atoms with Crippen molar-refractivity contribution in [3.8, 4) is 0 Å². The molecule has 0 radical (unpaired) electrons. The number of nitrogens with zero attached hydrogens (tertiary/aromatic N) is 1. The van der Waals surface area contributed by atoms with Gasteiger partial charge < -0.3 is 4.57 Å². The molecule has 0 unspecified atom stereocenters. The molecule has 0 fully saturated rings. The highest BCUT2D eigenvalue weighted by molar-refractivity contribution is 7.99. The van der Waals surface area contributed by atoms with E-state index in [0.717, 1.165) is 0 Å². The van der Waals surface area contributed by atoms with Crippen LogP contribution < -0.4 is 0 Å². The van der Waals surface area contributed by atoms with E-state index < -0.39 is 0 Å². The van der Waals surface area contributed by atoms with Crippen molar-refractivity contribution in [2.45, 2.75) is 11.4 Å². The van der Waals surface area contributed by atoms with Gasteiger partial charge in [-0.1, -0.05) is 0 Å². The molecule has 2 aromatic rings. The van der Waals surface area contributed by atoms with Crippen LogP contribution in [0.25, 0.3) is 11.0 Å². The fourth-order valence-electron chi connectivity index (χ4n) is 1.64. The Morgan fingerprint density at radius 3 is 3.20 bits per heavy atom. The lowest BCUT2D eigenvalue weighted by Crippen LogP contribution is -2.00. The molecule has 1 aliphatic rings. The summed E-state index contributed by atoms with van der Waals surface area (Å²) in [5, 5.41) is 0. The second-order valence-electron chi connectivity index (χ2n) is 2.65. The summed E-state index contributed by atoms with van der Waals surface area (Å²) in [5.74, 6) is 1.25. The Hall–Kier alpha value is -0.630. The lowest BCUT2D eigenvalue weighted by molar-refractivity contribution is 0.832. The van der Waals surface area contributed by atoms with Crippen LogP contribution in [0.2, 0.25) is 0 Å². The standard InChI is InChI=1S/C8H7NS/c1-2-7-8-5-6(1)9(7)3-4-10-8/h1-2,5H,3-4H2. The van der Waals surface area contributed by atoms with Crippen LogP contribution in [0.1, 0.15) is 0 Å². The zero-order valence-electron chi connectivity index (χ0n) is 5.50. The summed E-state index contributed by atoms with van der Waals surface area (Å²) >= 11 is 1.98. The number of benzene rings is 1. The summed E-state index contributed by atoms with van der Waals surface area (Å²) < 4.78 is 2.39. The lowest BCUT2D eigenvalue weighted by atomic mass is 10.4. The van der Waals surface area contributed by atoms with Crippen molar-refractivity contribution < 1.29 is 0 Å². The van der Waals surface area contributed by atoms with Gasteiger partial charge >= 0.3 is 0 Å². The second-order valence-corrected chi connectivity index (χ2v) is 3.79. The molecule has 2 aromatic heterocycles. The predicted octanol–water partition coefficient (Wildman–Crippen LogP) is 2.18. The molecule has 3 heterocycles. The van der Waals surface area contributed by atoms with E-state index in [-0.39, 0.29) is 0 Å². The third-order valence-corrected chi connectivity index (χ3v) is 3.14. The Morgan fingerprint density at radius 1 is 1.40 bits per heavy atom. The molecule has 0 saturated carbocycles. The Bertz CT molecular complexity index is 363. The average molecular weight is 149 g/mol. The van der Waals surface area contributed by atoms with Gasteiger partial charge in [0.1, 0.15) is 0 Å². The molecule has 0 spiro atoms. The van der Waals surface area contributed by atoms with E-state index in [1.807, 2.05) is 11.8 Å². The first-order chi connectivity index (χ1) is 4.95. The van der Waals surface area contributed by atoms with E-state index in [4.69, 9.17) is 0 Å². The topological polar surface area (TPSA) is 4.93 Å². The number of hydrogen-bond donors (Lipinski definition) is 0. The zero-order valence-corrected chi connectivity index (χ0v) is 6.32. The van der Waals surface area contributed by atoms with Crippen LogP contribution in [0, 0.1) is 0 Å². The maximum atomic E-state index is 2.39. The molecule has 0 N–H and O–H groups in total. The van der Waals surface area contributed by atoms with Crippen molar-refractivity contribution in [2.24, 2.45) is 0 Å². The van der Waals surface area contributed by atoms with Gasteiger partial charge in [0.15, 0.2) is 0 Å². The van der Waals surface area contributed by atoms with Gasteiger partial charge in [-0.25, -0.2) is 0 Å². The average Bonchev–Trinajstić information content (AvgIpc) is 2.44. The van der Waals surface area contributed by atoms with Gasteiger partial charge in [-0.2, -0.15) is 0 Å². The highest BCUT2D eigenvalue weighted by Crippen LogP contribution is 2.35. The molecule has 0 aromatic carbocycles. The van der Waals surface area contributed by atoms with Crippen LogP contribution in [-0.4, -0.2) is 10.3 Å². The molecule has 3 rings (SSSR count). The fourth-order valence-corrected chi connectivity index (χ4v) is 2.67. The van der Waals surface area contributed by atoms with E-state index in [9.17, 15) is 0 Å². The number of rotatable bonds is 0. The first-order valence-electron chi connectivity index (χ1n) is 3.49. The summed E-state index contributed by atoms with van der Waals surface area (Å²) in [4.78, 5) is 1.48. The Morgan fingerprint density at radius 2 is 2.40 bits per heavy atom. The second kappa shape index (κ2) is 1.51. The molecule has 1 nitrogen and oxygen atoms in total. The van der Waals surface area contributed by atoms with E-state index in [1.165, 1.54) is 28.2 Å². The minimum absolute atomic E-state index is 1.20. The molecular weight excluding hydrogens is 142 g/mol. The van der Waals surface area contributed by atoms with Crippen molar-refractivity contribution in [2.75, 3.05) is 5.75 Å². The number of hydrogen-bond acceptors (Lipinski definition) is 1. The van der Waals surface area contributed by atoms with E-state index in [1.54, 1.807) is 0 Å². The molecule has 1 aliphatic heterocycles. The quantitative estimate of drug-likeness (QED) is 0.556. The maximum Gasteiger partial charge on any atom is 0.0550 e. The molecule has 0 aliphatic carbocycles. The highest BCUT2D eigenvalue weighted by atomic mass is 32.2. The Labute approximate surface area is 63.4 Å². The smallest absolute Gasteiger partial charge is 0.0550 e. The van der Waals surface area contributed by atoms with Gasteiger partial charge in [0.05, 0.1) is 5.52 Å². The molecule has 2 heteroatoms. The Kier molecular flexibility index (Phi) is 0.765. The molecule has 0 amide bonds. The number of thioether (sulfide) groups is 1. The van der Waals surface area contributed by atoms with Crippen LogP contribution in [0.15, 0.2) is 23.1 Å². The van der Waals surface area contributed by atoms with Gasteiger partial charge in [-0.3, -0.25) is 0 Å². The predicted molar refractivity (Wildman–Crippen MR) is 43.8 cm³/mol. The summed E-state index contributed by atoms with van der Waals surface area (Å²) in [5.41, 5.74) is 2.83. The summed E-state index contributed by atoms with van der Waals surface area (Å²) in [6.07, 6.45) is 0. The van der Waals surface area contributed by atoms with Crippen LogP contribution in [0.4, 0.5) is 0 Å². The monoisotopic (exact) mass is 149 g/mol. The molecule has 10 heavy (non-hydrogen) atoms. The van der Waals surface area contributed by atoms with Crippen molar-refractivity contribution in [3.63, 3.8) is 0 Å². The molecular formula is C8H7NS. The molecule has 0 saturated heterocycles. The highest BCUT2D eigenvalue weighted by Gasteiger charge is 2.14. The third-order valence-electron chi connectivity index (χ3n) is 2.12. The minimum Gasteiger partial charge on any atom is -0.340 e. The molecule has 0 atom stereocenters. The zero-order chi connectivity index (χ0) is 6.55. The minimum atomic E-state index is 1.20. The number of aromatic nitrogens is 1. The maximum absolute atomic E-state index is 2.39. The van der Waals surface area contributed by atoms with Crippen LogP contribution in [0.3, 0.4) is 0 Å². The van der Waals surface area contributed by atoms with Gasteiger partial charge in [0.25, 0.3) is 0 Å². The van der Waals surface area contributed by atoms with Crippen molar-refractivity contribution in [1.82, 2.24) is 4.57 Å². The van der Waals surface area contributed by atoms with Gasteiger partial charge in [-0.15, -0.1) is 11.8 Å². The Balaban J connectivity index is 2.55. The van der Waals surface area contributed by atoms with Crippen molar-refractivity contribution in [3.05, 3.63) is 18.2 Å². The largest absolute Gasteiger partial charge is 0.340 e. The summed E-state index contributed by atoms with van der Waals surface area (Å²) in [7, 11) is 0. The van der Waals surface area contributed by atoms with Gasteiger partial charge in [0.2, 0.25) is 0 Å². The first kappa shape index (κ1) is 5.08. The molecule has 4 bridgehead atoms. The van der Waals surface area contributed by atoms with Crippen LogP contribution in [-0.2, 0) is 6.54 Å². The fraction of sp³-hybridized carbons (Fsp3) is 0.250. The summed E-state index contributed by atoms with van der Waals surface area (Å²) in [6.45, 7) is 1.20. The SMILES string of the molecule is c1cc2c3cc1n2CCS3. The van der Waals surface area contributed by atoms with Crippen molar-refractivity contribution >= 4 is 22.8 Å². The van der Waals surface area contributed by atoms with Gasteiger partial charge in [0, 0.05) is 22.7 Å². The van der Waals surface area contributed by atoms with E-state index in [0.29, 0.717) is 0 Å². The van der Waals surface area contributed by atoms with Crippen molar-refractivity contribution in [1.29, 1.82) is 0 Å². The number of aryl methyl sites for hydroxylation is 1. The van der Waals surface area contributed by atoms with Gasteiger partial charge in [-0.05, 0) is 18.2 Å². The van der Waals surface area contributed by atoms with Crippen LogP contribution >= 0.6 is 11.8 Å². The molecule has 50 valence electrons. The first-order valence-corrected chi connectivity index (χ1v) is 4.48. The normalized spacial score (nSPS) is 16.8. The third kappa shape index (κ3) is 0.430. The lowest BCUT2D eigenvalue weighted by Gasteiger charge is -2.08.